The van der Waals surface area contributed by atoms with Gasteiger partial charge in [0.1, 0.15) is 22.3 Å². The zero-order chi connectivity index (χ0) is 23.6. The highest BCUT2D eigenvalue weighted by Gasteiger charge is 2.41. The number of unbranched alkanes of at least 4 members (excludes halogenated alkanes) is 4. The molecular formula is C22H34N4O5S. The standard InChI is InChI=1S/C22H34N4O5S/c1-4-6-7-8-9-11-30-16-12-18(31-19(27)13-16)17(10-5-2)24-21(28)22(23)14-32-20(25-22)15(3)26-29/h12-13,17,29H,4-11,14,23H2,1-3H3,(H,24,28)/b26-15-/t17-,22+/m1/s1. The number of nitrogens with zero attached hydrogens (tertiary/aromatic N) is 2. The van der Waals surface area contributed by atoms with Gasteiger partial charge < -0.3 is 19.7 Å². The number of carbonyl (C=O) groups excluding carboxylic acids is 1. The number of carbonyl (C=O) groups is 1. The summed E-state index contributed by atoms with van der Waals surface area (Å²) in [6.07, 6.45) is 6.83. The number of hydrogen-bond acceptors (Lipinski definition) is 9. The molecule has 9 nitrogen and oxygen atoms in total. The molecule has 10 heteroatoms. The minimum atomic E-state index is -1.50. The van der Waals surface area contributed by atoms with Crippen LogP contribution in [0.25, 0.3) is 0 Å². The van der Waals surface area contributed by atoms with Crippen molar-refractivity contribution in [1.82, 2.24) is 5.32 Å². The summed E-state index contributed by atoms with van der Waals surface area (Å²) in [4.78, 5) is 29.3. The number of nitrogens with one attached hydrogen (secondary N) is 1. The molecule has 178 valence electrons. The molecular weight excluding hydrogens is 432 g/mol. The van der Waals surface area contributed by atoms with Crippen molar-refractivity contribution in [3.05, 3.63) is 28.3 Å². The monoisotopic (exact) mass is 466 g/mol. The van der Waals surface area contributed by atoms with E-state index in [1.807, 2.05) is 6.92 Å². The van der Waals surface area contributed by atoms with Crippen LogP contribution in [0.4, 0.5) is 0 Å². The third-order valence-electron chi connectivity index (χ3n) is 5.09. The second-order valence-corrected chi connectivity index (χ2v) is 8.87. The van der Waals surface area contributed by atoms with E-state index in [4.69, 9.17) is 20.1 Å². The molecule has 0 spiro atoms. The van der Waals surface area contributed by atoms with E-state index in [-0.39, 0.29) is 5.75 Å². The van der Waals surface area contributed by atoms with E-state index < -0.39 is 23.2 Å². The molecule has 0 saturated carbocycles. The van der Waals surface area contributed by atoms with Gasteiger partial charge in [0.2, 0.25) is 0 Å². The molecule has 32 heavy (non-hydrogen) atoms. The van der Waals surface area contributed by atoms with Crippen LogP contribution in [0.15, 0.2) is 31.5 Å². The molecule has 0 radical (unpaired) electrons. The van der Waals surface area contributed by atoms with Crippen LogP contribution in [-0.2, 0) is 4.79 Å². The first kappa shape index (κ1) is 25.9. The molecule has 1 amide bonds. The van der Waals surface area contributed by atoms with Crippen molar-refractivity contribution < 1.29 is 19.2 Å². The van der Waals surface area contributed by atoms with Gasteiger partial charge in [0, 0.05) is 11.8 Å². The summed E-state index contributed by atoms with van der Waals surface area (Å²) in [6.45, 7) is 6.23. The average Bonchev–Trinajstić information content (AvgIpc) is 3.18. The van der Waals surface area contributed by atoms with Crippen molar-refractivity contribution in [3.63, 3.8) is 0 Å². The molecule has 0 aromatic carbocycles. The van der Waals surface area contributed by atoms with Gasteiger partial charge in [0.05, 0.1) is 18.7 Å². The third-order valence-corrected chi connectivity index (χ3v) is 6.33. The third kappa shape index (κ3) is 7.37. The second kappa shape index (κ2) is 12.6. The molecule has 0 fully saturated rings. The lowest BCUT2D eigenvalue weighted by atomic mass is 10.1. The fraction of sp³-hybridized carbons (Fsp3) is 0.636. The van der Waals surface area contributed by atoms with E-state index in [1.165, 1.54) is 37.1 Å². The van der Waals surface area contributed by atoms with Gasteiger partial charge >= 0.3 is 5.63 Å². The van der Waals surface area contributed by atoms with E-state index in [9.17, 15) is 9.59 Å². The maximum absolute atomic E-state index is 12.9. The molecule has 1 aliphatic heterocycles. The lowest BCUT2D eigenvalue weighted by molar-refractivity contribution is -0.126. The largest absolute Gasteiger partial charge is 0.493 e. The van der Waals surface area contributed by atoms with Gasteiger partial charge in [-0.05, 0) is 19.8 Å². The normalized spacial score (nSPS) is 19.5. The molecule has 1 aromatic heterocycles. The van der Waals surface area contributed by atoms with Crippen molar-refractivity contribution >= 4 is 28.4 Å². The Bertz CT molecular complexity index is 885. The predicted octanol–water partition coefficient (Wildman–Crippen LogP) is 3.60. The summed E-state index contributed by atoms with van der Waals surface area (Å²) in [5.74, 6) is 0.468. The molecule has 0 aliphatic carbocycles. The summed E-state index contributed by atoms with van der Waals surface area (Å²) < 4.78 is 11.1. The summed E-state index contributed by atoms with van der Waals surface area (Å²) in [5, 5.41) is 15.3. The summed E-state index contributed by atoms with van der Waals surface area (Å²) in [5.41, 5.74) is 4.48. The number of thioether (sulfide) groups is 1. The molecule has 2 atom stereocenters. The van der Waals surface area contributed by atoms with Crippen molar-refractivity contribution in [2.45, 2.75) is 77.4 Å². The Morgan fingerprint density at radius 2 is 2.09 bits per heavy atom. The molecule has 2 rings (SSSR count). The lowest BCUT2D eigenvalue weighted by Gasteiger charge is -2.24. The minimum absolute atomic E-state index is 0.213. The van der Waals surface area contributed by atoms with Crippen LogP contribution in [0.1, 0.15) is 77.5 Å². The summed E-state index contributed by atoms with van der Waals surface area (Å²) in [7, 11) is 0. The highest BCUT2D eigenvalue weighted by Crippen LogP contribution is 2.27. The topological polar surface area (TPSA) is 140 Å². The number of amides is 1. The Labute approximate surface area is 192 Å². The fourth-order valence-corrected chi connectivity index (χ4v) is 4.28. The molecule has 1 aromatic rings. The molecule has 0 bridgehead atoms. The zero-order valence-electron chi connectivity index (χ0n) is 19.1. The summed E-state index contributed by atoms with van der Waals surface area (Å²) >= 11 is 1.25. The van der Waals surface area contributed by atoms with Crippen molar-refractivity contribution in [1.29, 1.82) is 0 Å². The smallest absolute Gasteiger partial charge is 0.339 e. The number of nitrogens with two attached hydrogens (primary N) is 1. The van der Waals surface area contributed by atoms with Crippen LogP contribution < -0.4 is 21.4 Å². The van der Waals surface area contributed by atoms with Crippen molar-refractivity contribution in [2.75, 3.05) is 12.4 Å². The van der Waals surface area contributed by atoms with Crippen molar-refractivity contribution in [3.8, 4) is 5.75 Å². The molecule has 0 unspecified atom stereocenters. The number of ether oxygens (including phenoxy) is 1. The van der Waals surface area contributed by atoms with E-state index in [2.05, 4.69) is 22.4 Å². The van der Waals surface area contributed by atoms with Crippen LogP contribution in [0.5, 0.6) is 5.75 Å². The highest BCUT2D eigenvalue weighted by molar-refractivity contribution is 8.16. The highest BCUT2D eigenvalue weighted by atomic mass is 32.2. The quantitative estimate of drug-likeness (QED) is 0.175. The first-order valence-electron chi connectivity index (χ1n) is 11.1. The van der Waals surface area contributed by atoms with E-state index >= 15 is 0 Å². The van der Waals surface area contributed by atoms with Gasteiger partial charge in [-0.2, -0.15) is 0 Å². The Kier molecular flexibility index (Phi) is 10.2. The predicted molar refractivity (Wildman–Crippen MR) is 127 cm³/mol. The SMILES string of the molecule is CCCCCCCOc1cc([C@@H](CCC)NC(=O)[C@]2(N)CSC(/C(C)=N\O)=N2)oc(=O)c1. The number of oxime groups is 1. The van der Waals surface area contributed by atoms with Gasteiger partial charge in [-0.15, -0.1) is 11.8 Å². The van der Waals surface area contributed by atoms with Gasteiger partial charge in [-0.1, -0.05) is 51.1 Å². The van der Waals surface area contributed by atoms with E-state index in [1.54, 1.807) is 13.0 Å². The first-order valence-corrected chi connectivity index (χ1v) is 12.1. The number of aliphatic imine (C=N–C) groups is 1. The lowest BCUT2D eigenvalue weighted by Crippen LogP contribution is -2.54. The Morgan fingerprint density at radius 3 is 2.78 bits per heavy atom. The van der Waals surface area contributed by atoms with Crippen LogP contribution in [0.2, 0.25) is 0 Å². The maximum atomic E-state index is 12.9. The van der Waals surface area contributed by atoms with Crippen molar-refractivity contribution in [2.24, 2.45) is 15.9 Å². The van der Waals surface area contributed by atoms with E-state index in [0.717, 1.165) is 19.3 Å². The number of hydrogen-bond donors (Lipinski definition) is 3. The number of rotatable bonds is 13. The average molecular weight is 467 g/mol. The van der Waals surface area contributed by atoms with Gasteiger partial charge in [0.25, 0.3) is 5.91 Å². The van der Waals surface area contributed by atoms with E-state index in [0.29, 0.717) is 35.3 Å². The zero-order valence-corrected chi connectivity index (χ0v) is 19.9. The maximum Gasteiger partial charge on any atom is 0.339 e. The fourth-order valence-electron chi connectivity index (χ4n) is 3.25. The molecule has 0 saturated heterocycles. The van der Waals surface area contributed by atoms with Gasteiger partial charge in [0.15, 0.2) is 5.66 Å². The molecule has 4 N–H and O–H groups in total. The van der Waals surface area contributed by atoms with Gasteiger partial charge in [-0.25, -0.2) is 9.79 Å². The molecule has 2 heterocycles. The van der Waals surface area contributed by atoms with Gasteiger partial charge in [-0.3, -0.25) is 10.5 Å². The Balaban J connectivity index is 2.09. The Morgan fingerprint density at radius 1 is 1.34 bits per heavy atom. The minimum Gasteiger partial charge on any atom is -0.493 e. The second-order valence-electron chi connectivity index (χ2n) is 7.91. The summed E-state index contributed by atoms with van der Waals surface area (Å²) in [6, 6.07) is 2.41. The first-order chi connectivity index (χ1) is 15.3. The van der Waals surface area contributed by atoms with Crippen LogP contribution >= 0.6 is 11.8 Å². The van der Waals surface area contributed by atoms with Crippen LogP contribution in [0.3, 0.4) is 0 Å². The molecule has 1 aliphatic rings. The van der Waals surface area contributed by atoms with Crippen LogP contribution in [0, 0.1) is 0 Å². The van der Waals surface area contributed by atoms with Crippen LogP contribution in [-0.4, -0.2) is 39.9 Å². The Hall–Kier alpha value is -2.33.